The van der Waals surface area contributed by atoms with Crippen molar-refractivity contribution in [2.75, 3.05) is 5.32 Å². The van der Waals surface area contributed by atoms with E-state index in [-0.39, 0.29) is 49.2 Å². The summed E-state index contributed by atoms with van der Waals surface area (Å²) in [6.07, 6.45) is 6.15. The first kappa shape index (κ1) is 20.5. The molecule has 3 N–H and O–H groups in total. The smallest absolute Gasteiger partial charge is 0.315 e. The van der Waals surface area contributed by atoms with Crippen molar-refractivity contribution in [3.05, 3.63) is 34.7 Å². The number of hydrogen-bond acceptors (Lipinski definition) is 8. The van der Waals surface area contributed by atoms with Crippen molar-refractivity contribution in [1.82, 2.24) is 20.4 Å². The molecule has 1 unspecified atom stereocenters. The summed E-state index contributed by atoms with van der Waals surface area (Å²) in [5.74, 6) is -0.405. The minimum atomic E-state index is -0.717. The number of nitrogens with one attached hydrogen (secondary N) is 2. The zero-order valence-electron chi connectivity index (χ0n) is 17.6. The topological polar surface area (TPSA) is 138 Å². The van der Waals surface area contributed by atoms with Crippen LogP contribution in [0.15, 0.2) is 16.5 Å². The first-order valence-corrected chi connectivity index (χ1v) is 11.1. The Morgan fingerprint density at radius 2 is 1.94 bits per heavy atom. The lowest BCUT2D eigenvalue weighted by atomic mass is 9.89. The van der Waals surface area contributed by atoms with Gasteiger partial charge >= 0.3 is 6.01 Å². The number of fused-ring (bicyclic) bond motifs is 1. The molecule has 0 bridgehead atoms. The Labute approximate surface area is 184 Å². The summed E-state index contributed by atoms with van der Waals surface area (Å²) in [5, 5.41) is 24.3. The normalized spacial score (nSPS) is 21.6. The number of amides is 3. The zero-order valence-corrected chi connectivity index (χ0v) is 17.6. The summed E-state index contributed by atoms with van der Waals surface area (Å²) in [5.41, 5.74) is 1.36. The number of carbonyl (C=O) groups excluding carboxylic acids is 3. The highest BCUT2D eigenvalue weighted by molar-refractivity contribution is 6.06. The lowest BCUT2D eigenvalue weighted by Crippen LogP contribution is -2.52. The van der Waals surface area contributed by atoms with E-state index in [2.05, 4.69) is 20.8 Å². The van der Waals surface area contributed by atoms with Crippen LogP contribution in [0.3, 0.4) is 0 Å². The molecule has 10 nitrogen and oxygen atoms in total. The Bertz CT molecular complexity index is 1070. The van der Waals surface area contributed by atoms with Crippen LogP contribution in [-0.2, 0) is 22.7 Å². The van der Waals surface area contributed by atoms with E-state index in [1.165, 1.54) is 24.2 Å². The fraction of sp³-hybridized carbons (Fsp3) is 0.500. The van der Waals surface area contributed by atoms with E-state index in [1.807, 2.05) is 0 Å². The highest BCUT2D eigenvalue weighted by Gasteiger charge is 2.40. The van der Waals surface area contributed by atoms with Gasteiger partial charge in [0, 0.05) is 31.0 Å². The molecule has 1 aromatic heterocycles. The van der Waals surface area contributed by atoms with Crippen LogP contribution >= 0.6 is 0 Å². The van der Waals surface area contributed by atoms with Gasteiger partial charge in [-0.25, -0.2) is 0 Å². The number of phenolic OH excluding ortho intramolecular Hbond substituents is 1. The van der Waals surface area contributed by atoms with Gasteiger partial charge < -0.3 is 19.7 Å². The fourth-order valence-electron chi connectivity index (χ4n) is 4.81. The van der Waals surface area contributed by atoms with E-state index in [0.717, 1.165) is 12.8 Å². The first-order valence-electron chi connectivity index (χ1n) is 11.1. The Kier molecular flexibility index (Phi) is 5.28. The Hall–Kier alpha value is -3.43. The first-order chi connectivity index (χ1) is 15.5. The average Bonchev–Trinajstić information content (AvgIpc) is 3.39. The number of phenols is 1. The van der Waals surface area contributed by atoms with Crippen molar-refractivity contribution in [1.29, 1.82) is 0 Å². The van der Waals surface area contributed by atoms with Crippen LogP contribution in [-0.4, -0.2) is 44.0 Å². The van der Waals surface area contributed by atoms with Gasteiger partial charge in [0.15, 0.2) is 0 Å². The standard InChI is InChI=1S/C22H25N5O5/c28-16-9-8-15(19(30)24-16)27-11-14-7-6-13(18(29)17(14)21(27)31)10-23-22-26-25-20(32-22)12-4-2-1-3-5-12/h6-7,12,15,29H,1-5,8-11H2,(H,23,26)(H,24,28,30). The van der Waals surface area contributed by atoms with Gasteiger partial charge in [-0.3, -0.25) is 19.7 Å². The second kappa shape index (κ2) is 8.25. The average molecular weight is 439 g/mol. The van der Waals surface area contributed by atoms with Crippen LogP contribution in [0.2, 0.25) is 0 Å². The van der Waals surface area contributed by atoms with Gasteiger partial charge in [0.1, 0.15) is 11.8 Å². The maximum atomic E-state index is 13.0. The van der Waals surface area contributed by atoms with Gasteiger partial charge in [0.25, 0.3) is 5.91 Å². The highest BCUT2D eigenvalue weighted by atomic mass is 16.4. The van der Waals surface area contributed by atoms with E-state index in [4.69, 9.17) is 4.42 Å². The van der Waals surface area contributed by atoms with Crippen molar-refractivity contribution < 1.29 is 23.9 Å². The van der Waals surface area contributed by atoms with Gasteiger partial charge in [-0.15, -0.1) is 5.10 Å². The molecule has 2 aromatic rings. The summed E-state index contributed by atoms with van der Waals surface area (Å²) in [7, 11) is 0. The lowest BCUT2D eigenvalue weighted by molar-refractivity contribution is -0.136. The van der Waals surface area contributed by atoms with Crippen LogP contribution in [0.25, 0.3) is 0 Å². The molecule has 0 radical (unpaired) electrons. The monoisotopic (exact) mass is 439 g/mol. The molecular weight excluding hydrogens is 414 g/mol. The van der Waals surface area contributed by atoms with E-state index in [0.29, 0.717) is 22.9 Å². The van der Waals surface area contributed by atoms with Crippen molar-refractivity contribution in [2.24, 2.45) is 0 Å². The fourth-order valence-corrected chi connectivity index (χ4v) is 4.81. The molecule has 2 fully saturated rings. The highest BCUT2D eigenvalue weighted by Crippen LogP contribution is 2.36. The van der Waals surface area contributed by atoms with Gasteiger partial charge in [-0.1, -0.05) is 36.5 Å². The third kappa shape index (κ3) is 3.69. The number of rotatable bonds is 5. The number of anilines is 1. The van der Waals surface area contributed by atoms with Crippen molar-refractivity contribution >= 4 is 23.7 Å². The maximum Gasteiger partial charge on any atom is 0.315 e. The molecular formula is C22H25N5O5. The Morgan fingerprint density at radius 3 is 2.72 bits per heavy atom. The second-order valence-electron chi connectivity index (χ2n) is 8.64. The van der Waals surface area contributed by atoms with Crippen molar-refractivity contribution in [3.63, 3.8) is 0 Å². The van der Waals surface area contributed by atoms with Crippen molar-refractivity contribution in [3.8, 4) is 5.75 Å². The number of carbonyl (C=O) groups is 3. The van der Waals surface area contributed by atoms with Crippen LogP contribution in [0.4, 0.5) is 6.01 Å². The molecule has 1 saturated carbocycles. The SMILES string of the molecule is O=C1CCC(N2Cc3ccc(CNc4nnc(C5CCCCC5)o4)c(O)c3C2=O)C(=O)N1. The summed E-state index contributed by atoms with van der Waals surface area (Å²) in [6.45, 7) is 0.424. The van der Waals surface area contributed by atoms with Crippen LogP contribution in [0.1, 0.15) is 78.2 Å². The van der Waals surface area contributed by atoms with Crippen LogP contribution in [0.5, 0.6) is 5.75 Å². The summed E-state index contributed by atoms with van der Waals surface area (Å²) in [6, 6.07) is 3.07. The van der Waals surface area contributed by atoms with Gasteiger partial charge in [-0.05, 0) is 24.8 Å². The van der Waals surface area contributed by atoms with Crippen LogP contribution < -0.4 is 10.6 Å². The molecule has 168 valence electrons. The van der Waals surface area contributed by atoms with E-state index < -0.39 is 17.9 Å². The predicted molar refractivity (Wildman–Crippen MR) is 112 cm³/mol. The zero-order chi connectivity index (χ0) is 22.2. The van der Waals surface area contributed by atoms with Gasteiger partial charge in [0.2, 0.25) is 17.7 Å². The molecule has 3 amide bonds. The molecule has 5 rings (SSSR count). The number of benzene rings is 1. The number of nitrogens with zero attached hydrogens (tertiary/aromatic N) is 3. The number of imide groups is 1. The lowest BCUT2D eigenvalue weighted by Gasteiger charge is -2.29. The minimum absolute atomic E-state index is 0.123. The molecule has 32 heavy (non-hydrogen) atoms. The molecule has 3 heterocycles. The largest absolute Gasteiger partial charge is 0.507 e. The van der Waals surface area contributed by atoms with E-state index >= 15 is 0 Å². The summed E-state index contributed by atoms with van der Waals surface area (Å²) < 4.78 is 5.75. The van der Waals surface area contributed by atoms with Gasteiger partial charge in [-0.2, -0.15) is 0 Å². The molecule has 2 aliphatic heterocycles. The second-order valence-corrected chi connectivity index (χ2v) is 8.64. The molecule has 1 saturated heterocycles. The minimum Gasteiger partial charge on any atom is -0.507 e. The van der Waals surface area contributed by atoms with E-state index in [1.54, 1.807) is 12.1 Å². The molecule has 0 spiro atoms. The molecule has 1 aliphatic carbocycles. The molecule has 3 aliphatic rings. The number of hydrogen-bond donors (Lipinski definition) is 3. The Balaban J connectivity index is 1.28. The van der Waals surface area contributed by atoms with Crippen LogP contribution in [0, 0.1) is 0 Å². The third-order valence-corrected chi connectivity index (χ3v) is 6.57. The maximum absolute atomic E-state index is 13.0. The molecule has 10 heteroatoms. The van der Waals surface area contributed by atoms with E-state index in [9.17, 15) is 19.5 Å². The third-order valence-electron chi connectivity index (χ3n) is 6.57. The summed E-state index contributed by atoms with van der Waals surface area (Å²) >= 11 is 0. The summed E-state index contributed by atoms with van der Waals surface area (Å²) in [4.78, 5) is 38.0. The molecule has 1 aromatic carbocycles. The number of aromatic hydroxyl groups is 1. The predicted octanol–water partition coefficient (Wildman–Crippen LogP) is 2.20. The quantitative estimate of drug-likeness (QED) is 0.603. The Morgan fingerprint density at radius 1 is 1.12 bits per heavy atom. The number of aromatic nitrogens is 2. The van der Waals surface area contributed by atoms with Gasteiger partial charge in [0.05, 0.1) is 5.56 Å². The number of piperidine rings is 1. The van der Waals surface area contributed by atoms with Crippen molar-refractivity contribution in [2.45, 2.75) is 70.0 Å². The molecule has 1 atom stereocenters.